The minimum absolute atomic E-state index is 0.0136. The number of halogens is 6. The first kappa shape index (κ1) is 47.6. The van der Waals surface area contributed by atoms with Crippen LogP contribution in [0.1, 0.15) is 50.5 Å². The summed E-state index contributed by atoms with van der Waals surface area (Å²) in [5.74, 6) is -1.55. The lowest BCUT2D eigenvalue weighted by atomic mass is 9.95. The highest BCUT2D eigenvalue weighted by molar-refractivity contribution is 6.34. The summed E-state index contributed by atoms with van der Waals surface area (Å²) in [6.45, 7) is 3.40. The number of carbonyl (C=O) groups is 1. The van der Waals surface area contributed by atoms with Crippen molar-refractivity contribution < 1.29 is 42.4 Å². The number of aromatic hydroxyl groups is 1. The summed E-state index contributed by atoms with van der Waals surface area (Å²) in [7, 11) is 2.76. The molecule has 19 heteroatoms. The van der Waals surface area contributed by atoms with Gasteiger partial charge in [0.2, 0.25) is 0 Å². The van der Waals surface area contributed by atoms with Crippen LogP contribution in [0.15, 0.2) is 76.3 Å². The second-order valence-corrected chi connectivity index (χ2v) is 18.9. The summed E-state index contributed by atoms with van der Waals surface area (Å²) >= 11 is 26.4. The number of carbonyl (C=O) groups excluding carboxylic acids is 1. The number of nitrogens with zero attached hydrogens (tertiary/aromatic N) is 4. The first-order valence-electron chi connectivity index (χ1n) is 22.1. The van der Waals surface area contributed by atoms with Crippen molar-refractivity contribution in [3.63, 3.8) is 0 Å². The third-order valence-electron chi connectivity index (χ3n) is 13.2. The second kappa shape index (κ2) is 19.5. The minimum Gasteiger partial charge on any atom is -0.504 e. The molecule has 0 saturated heterocycles. The molecule has 68 heavy (non-hydrogen) atoms. The molecule has 1 aliphatic carbocycles. The monoisotopic (exact) mass is 1010 g/mol. The van der Waals surface area contributed by atoms with E-state index in [0.29, 0.717) is 31.9 Å². The van der Waals surface area contributed by atoms with E-state index < -0.39 is 40.7 Å². The van der Waals surface area contributed by atoms with Gasteiger partial charge in [0, 0.05) is 44.4 Å². The molecule has 1 saturated carbocycles. The molecule has 4 heterocycles. The largest absolute Gasteiger partial charge is 0.504 e. The van der Waals surface area contributed by atoms with Crippen LogP contribution < -0.4 is 25.3 Å². The lowest BCUT2D eigenvalue weighted by molar-refractivity contribution is -0.150. The van der Waals surface area contributed by atoms with E-state index in [1.165, 1.54) is 43.2 Å². The Morgan fingerprint density at radius 3 is 1.97 bits per heavy atom. The van der Waals surface area contributed by atoms with Crippen LogP contribution in [0.5, 0.6) is 34.5 Å². The first-order valence-corrected chi connectivity index (χ1v) is 23.7. The maximum Gasteiger partial charge on any atom is 0.311 e. The number of ether oxygens (including phenoxy) is 5. The summed E-state index contributed by atoms with van der Waals surface area (Å²) < 4.78 is 66.7. The molecule has 0 radical (unpaired) electrons. The molecule has 0 spiro atoms. The topological polar surface area (TPSA) is 137 Å². The second-order valence-electron chi connectivity index (χ2n) is 17.4. The van der Waals surface area contributed by atoms with Crippen LogP contribution in [0.2, 0.25) is 20.4 Å². The lowest BCUT2D eigenvalue weighted by Gasteiger charge is -2.26. The van der Waals surface area contributed by atoms with E-state index in [2.05, 4.69) is 0 Å². The van der Waals surface area contributed by atoms with Crippen LogP contribution >= 0.6 is 46.4 Å². The smallest absolute Gasteiger partial charge is 0.311 e. The highest BCUT2D eigenvalue weighted by Gasteiger charge is 2.41. The van der Waals surface area contributed by atoms with E-state index in [0.717, 1.165) is 49.8 Å². The van der Waals surface area contributed by atoms with Crippen LogP contribution in [0.25, 0.3) is 22.3 Å². The van der Waals surface area contributed by atoms with Gasteiger partial charge in [-0.05, 0) is 111 Å². The van der Waals surface area contributed by atoms with Crippen molar-refractivity contribution in [2.75, 3.05) is 20.8 Å². The van der Waals surface area contributed by atoms with Crippen molar-refractivity contribution in [3.05, 3.63) is 125 Å². The summed E-state index contributed by atoms with van der Waals surface area (Å²) in [5, 5.41) is 10.4. The molecule has 4 aromatic carbocycles. The summed E-state index contributed by atoms with van der Waals surface area (Å²) in [4.78, 5) is 40.0. The molecule has 6 aromatic rings. The Kier molecular flexibility index (Phi) is 13.7. The van der Waals surface area contributed by atoms with Crippen molar-refractivity contribution in [1.82, 2.24) is 18.7 Å². The number of rotatable bonds is 15. The van der Waals surface area contributed by atoms with Gasteiger partial charge >= 0.3 is 5.97 Å². The predicted octanol–water partition coefficient (Wildman–Crippen LogP) is 11.3. The number of esters is 1. The van der Waals surface area contributed by atoms with Gasteiger partial charge in [0.05, 0.1) is 34.2 Å². The minimum atomic E-state index is -0.752. The van der Waals surface area contributed by atoms with Crippen molar-refractivity contribution in [2.24, 2.45) is 17.8 Å². The highest BCUT2D eigenvalue weighted by atomic mass is 35.5. The number of phenols is 1. The number of aromatic nitrogens is 4. The molecule has 13 nitrogen and oxygen atoms in total. The van der Waals surface area contributed by atoms with E-state index in [4.69, 9.17) is 70.1 Å². The fourth-order valence-electron chi connectivity index (χ4n) is 9.38. The third kappa shape index (κ3) is 9.11. The molecule has 3 aliphatic rings. The zero-order chi connectivity index (χ0) is 48.1. The molecule has 4 unspecified atom stereocenters. The average molecular weight is 1010 g/mol. The quantitative estimate of drug-likeness (QED) is 0.0997. The van der Waals surface area contributed by atoms with E-state index >= 15 is 8.78 Å². The Hall–Kier alpha value is -5.45. The van der Waals surface area contributed by atoms with Crippen LogP contribution in [-0.4, -0.2) is 56.7 Å². The van der Waals surface area contributed by atoms with Crippen LogP contribution in [0.4, 0.5) is 8.78 Å². The number of hydrogen-bond acceptors (Lipinski definition) is 9. The molecule has 358 valence electrons. The van der Waals surface area contributed by atoms with E-state index in [-0.39, 0.29) is 95.7 Å². The summed E-state index contributed by atoms with van der Waals surface area (Å²) in [5.41, 5.74) is -0.0449. The molecule has 0 bridgehead atoms. The molecular weight excluding hydrogens is 968 g/mol. The SMILES string of the molecule is COC(=O)C(C)C(COc1cc([C@H]2CC2CC2CCn3c(Cl)c(-c4cc(Oc5ccccc5O)c(Cl)cc4F)c(=O)n3C2)ccc1Oc1cc(-c2c(Cl)n3n(c2=O)CCCC3)c(F)cc1Cl)OC. The molecule has 9 rings (SSSR count). The molecule has 1 N–H and O–H groups in total. The number of hydrogen-bond donors (Lipinski definition) is 1. The first-order chi connectivity index (χ1) is 32.7. The molecule has 5 atom stereocenters. The van der Waals surface area contributed by atoms with Gasteiger partial charge in [0.15, 0.2) is 23.0 Å². The Morgan fingerprint density at radius 2 is 1.35 bits per heavy atom. The van der Waals surface area contributed by atoms with E-state index in [1.54, 1.807) is 39.2 Å². The summed E-state index contributed by atoms with van der Waals surface area (Å²) in [6, 6.07) is 16.6. The number of phenolic OH excluding ortho intramolecular Hbond substituents is 1. The van der Waals surface area contributed by atoms with Gasteiger partial charge in [-0.1, -0.05) is 64.6 Å². The Bertz CT molecular complexity index is 3060. The van der Waals surface area contributed by atoms with Gasteiger partial charge in [-0.25, -0.2) is 18.1 Å². The van der Waals surface area contributed by atoms with Gasteiger partial charge < -0.3 is 28.8 Å². The molecule has 2 aromatic heterocycles. The number of benzene rings is 4. The van der Waals surface area contributed by atoms with Crippen molar-refractivity contribution in [3.8, 4) is 56.8 Å². The standard InChI is InChI=1S/C49H46Cl4F2N4O9/c1-25(49(63)65-3)42(64-2)24-66-41-18-27(10-11-38(41)68-40-20-30(34(54)22-33(40)51)43-45(52)56-13-6-7-14-58(56)47(43)61)29-17-28(29)16-26-12-15-57-46(53)44(48(62)59(57)23-26)31-19-39(32(50)21-35(31)55)67-37-9-5-4-8-36(37)60/h4-5,8-11,18-22,25-26,28-29,42,60H,6-7,12-17,23-24H2,1-3H3/t25?,26?,28?,29-,42?/m1/s1. The third-order valence-corrected chi connectivity index (χ3v) is 14.6. The molecule has 1 fully saturated rings. The van der Waals surface area contributed by atoms with E-state index in [1.807, 2.05) is 12.1 Å². The van der Waals surface area contributed by atoms with Gasteiger partial charge in [-0.3, -0.25) is 23.7 Å². The number of methoxy groups -OCH3 is 2. The van der Waals surface area contributed by atoms with Crippen LogP contribution in [0, 0.1) is 29.4 Å². The van der Waals surface area contributed by atoms with Gasteiger partial charge in [0.25, 0.3) is 11.1 Å². The summed E-state index contributed by atoms with van der Waals surface area (Å²) in [6.07, 6.45) is 3.31. The Morgan fingerprint density at radius 1 is 0.750 bits per heavy atom. The van der Waals surface area contributed by atoms with E-state index in [9.17, 15) is 19.5 Å². The normalized spacial score (nSPS) is 18.3. The maximum absolute atomic E-state index is 15.6. The molecule has 0 amide bonds. The predicted molar refractivity (Wildman–Crippen MR) is 253 cm³/mol. The Balaban J connectivity index is 0.953. The fraction of sp³-hybridized carbons (Fsp3) is 0.367. The van der Waals surface area contributed by atoms with Crippen molar-refractivity contribution in [1.29, 1.82) is 0 Å². The van der Waals surface area contributed by atoms with Crippen LogP contribution in [-0.2, 0) is 40.4 Å². The lowest BCUT2D eigenvalue weighted by Crippen LogP contribution is -2.33. The van der Waals surface area contributed by atoms with Gasteiger partial charge in [0.1, 0.15) is 46.2 Å². The highest BCUT2D eigenvalue weighted by Crippen LogP contribution is 2.53. The molecular formula is C49H46Cl4F2N4O9. The number of para-hydroxylation sites is 2. The van der Waals surface area contributed by atoms with Crippen molar-refractivity contribution >= 4 is 52.4 Å². The molecule has 2 aliphatic heterocycles. The zero-order valence-corrected chi connectivity index (χ0v) is 40.1. The number of fused-ring (bicyclic) bond motifs is 2. The van der Waals surface area contributed by atoms with Gasteiger partial charge in [-0.2, -0.15) is 0 Å². The van der Waals surface area contributed by atoms with Crippen LogP contribution in [0.3, 0.4) is 0 Å². The Labute approximate surface area is 409 Å². The average Bonchev–Trinajstić information content (AvgIpc) is 3.99. The maximum atomic E-state index is 15.6. The zero-order valence-electron chi connectivity index (χ0n) is 37.1. The fourth-order valence-corrected chi connectivity index (χ4v) is 10.5. The van der Waals surface area contributed by atoms with Gasteiger partial charge in [-0.15, -0.1) is 0 Å². The van der Waals surface area contributed by atoms with Crippen molar-refractivity contribution in [2.45, 2.75) is 77.2 Å².